The van der Waals surface area contributed by atoms with Gasteiger partial charge in [-0.3, -0.25) is 0 Å². The average Bonchev–Trinajstić information content (AvgIpc) is 2.29. The maximum absolute atomic E-state index is 11.3. The molecule has 0 amide bonds. The van der Waals surface area contributed by atoms with Gasteiger partial charge < -0.3 is 9.16 Å². The zero-order chi connectivity index (χ0) is 11.7. The highest BCUT2D eigenvalue weighted by molar-refractivity contribution is 6.71. The van der Waals surface area contributed by atoms with E-state index in [-0.39, 0.29) is 17.5 Å². The fraction of sp³-hybridized carbons (Fsp3) is 0.909. The van der Waals surface area contributed by atoms with Crippen molar-refractivity contribution in [2.24, 2.45) is 5.41 Å². The minimum atomic E-state index is -1.75. The Morgan fingerprint density at radius 3 is 2.47 bits per heavy atom. The Kier molecular flexibility index (Phi) is 3.61. The van der Waals surface area contributed by atoms with Crippen molar-refractivity contribution in [2.75, 3.05) is 6.61 Å². The van der Waals surface area contributed by atoms with Crippen LogP contribution in [0.25, 0.3) is 0 Å². The van der Waals surface area contributed by atoms with Crippen LogP contribution in [0.5, 0.6) is 0 Å². The number of carbonyl (C=O) groups is 1. The van der Waals surface area contributed by atoms with E-state index in [1.54, 1.807) is 0 Å². The van der Waals surface area contributed by atoms with Crippen LogP contribution in [0.15, 0.2) is 0 Å². The molecule has 1 fully saturated rings. The van der Waals surface area contributed by atoms with Gasteiger partial charge in [-0.2, -0.15) is 0 Å². The van der Waals surface area contributed by atoms with Crippen LogP contribution in [0.3, 0.4) is 0 Å². The normalized spacial score (nSPS) is 23.0. The zero-order valence-electron chi connectivity index (χ0n) is 10.4. The standard InChI is InChI=1S/C11H22O3Si/c1-11(2,3)8-15(4,5)14-9-6-7-13-10(9)12/h9H,6-8H2,1-5H3. The van der Waals surface area contributed by atoms with Gasteiger partial charge in [0.05, 0.1) is 6.61 Å². The van der Waals surface area contributed by atoms with Crippen molar-refractivity contribution in [3.05, 3.63) is 0 Å². The fourth-order valence-electron chi connectivity index (χ4n) is 2.29. The van der Waals surface area contributed by atoms with Crippen molar-refractivity contribution in [1.29, 1.82) is 0 Å². The molecule has 4 heteroatoms. The number of hydrogen-bond donors (Lipinski definition) is 0. The molecule has 0 radical (unpaired) electrons. The molecule has 3 nitrogen and oxygen atoms in total. The van der Waals surface area contributed by atoms with Crippen molar-refractivity contribution < 1.29 is 14.0 Å². The lowest BCUT2D eigenvalue weighted by atomic mass is 10.0. The molecule has 0 aromatic heterocycles. The van der Waals surface area contributed by atoms with E-state index >= 15 is 0 Å². The van der Waals surface area contributed by atoms with Crippen LogP contribution in [0, 0.1) is 5.41 Å². The van der Waals surface area contributed by atoms with Gasteiger partial charge in [0.1, 0.15) is 6.10 Å². The van der Waals surface area contributed by atoms with Crippen molar-refractivity contribution in [2.45, 2.75) is 52.4 Å². The SMILES string of the molecule is CC(C)(C)C[Si](C)(C)OC1CCOC1=O. The highest BCUT2D eigenvalue weighted by Crippen LogP contribution is 2.30. The highest BCUT2D eigenvalue weighted by atomic mass is 28.4. The Morgan fingerprint density at radius 2 is 2.07 bits per heavy atom. The Morgan fingerprint density at radius 1 is 1.47 bits per heavy atom. The van der Waals surface area contributed by atoms with Crippen molar-refractivity contribution in [1.82, 2.24) is 0 Å². The highest BCUT2D eigenvalue weighted by Gasteiger charge is 2.36. The summed E-state index contributed by atoms with van der Waals surface area (Å²) in [7, 11) is -1.75. The molecule has 1 heterocycles. The summed E-state index contributed by atoms with van der Waals surface area (Å²) in [5, 5.41) is 0. The van der Waals surface area contributed by atoms with E-state index in [1.807, 2.05) is 0 Å². The maximum Gasteiger partial charge on any atom is 0.334 e. The second-order valence-corrected chi connectivity index (χ2v) is 10.2. The molecular weight excluding hydrogens is 208 g/mol. The second-order valence-electron chi connectivity index (χ2n) is 6.06. The molecule has 1 aliphatic rings. The molecule has 1 atom stereocenters. The van der Waals surface area contributed by atoms with Crippen molar-refractivity contribution >= 4 is 14.3 Å². The minimum Gasteiger partial charge on any atom is -0.464 e. The van der Waals surface area contributed by atoms with Gasteiger partial charge in [-0.1, -0.05) is 20.8 Å². The molecule has 0 aromatic rings. The molecule has 1 saturated heterocycles. The Hall–Kier alpha value is -0.353. The summed E-state index contributed by atoms with van der Waals surface area (Å²) in [6, 6.07) is 1.06. The van der Waals surface area contributed by atoms with E-state index in [2.05, 4.69) is 33.9 Å². The van der Waals surface area contributed by atoms with E-state index in [0.717, 1.165) is 12.5 Å². The molecule has 0 aromatic carbocycles. The van der Waals surface area contributed by atoms with Gasteiger partial charge in [0, 0.05) is 6.42 Å². The summed E-state index contributed by atoms with van der Waals surface area (Å²) < 4.78 is 10.9. The third-order valence-corrected chi connectivity index (χ3v) is 5.14. The zero-order valence-corrected chi connectivity index (χ0v) is 11.4. The van der Waals surface area contributed by atoms with E-state index in [9.17, 15) is 4.79 Å². The first-order chi connectivity index (χ1) is 6.70. The molecule has 1 unspecified atom stereocenters. The number of cyclic esters (lactones) is 1. The number of esters is 1. The topological polar surface area (TPSA) is 35.5 Å². The molecular formula is C11H22O3Si. The minimum absolute atomic E-state index is 0.176. The van der Waals surface area contributed by atoms with Gasteiger partial charge in [-0.05, 0) is 24.6 Å². The summed E-state index contributed by atoms with van der Waals surface area (Å²) >= 11 is 0. The van der Waals surface area contributed by atoms with Gasteiger partial charge in [0.25, 0.3) is 0 Å². The summed E-state index contributed by atoms with van der Waals surface area (Å²) in [6.07, 6.45) is 0.424. The second kappa shape index (κ2) is 4.26. The van der Waals surface area contributed by atoms with E-state index in [4.69, 9.17) is 9.16 Å². The van der Waals surface area contributed by atoms with Crippen LogP contribution < -0.4 is 0 Å². The van der Waals surface area contributed by atoms with E-state index in [0.29, 0.717) is 6.61 Å². The number of rotatable bonds is 3. The molecule has 15 heavy (non-hydrogen) atoms. The summed E-state index contributed by atoms with van der Waals surface area (Å²) in [5.41, 5.74) is 0.262. The third kappa shape index (κ3) is 4.34. The lowest BCUT2D eigenvalue weighted by molar-refractivity contribution is -0.143. The number of carbonyl (C=O) groups excluding carboxylic acids is 1. The van der Waals surface area contributed by atoms with Gasteiger partial charge >= 0.3 is 5.97 Å². The maximum atomic E-state index is 11.3. The monoisotopic (exact) mass is 230 g/mol. The molecule has 1 aliphatic heterocycles. The average molecular weight is 230 g/mol. The van der Waals surface area contributed by atoms with Crippen LogP contribution >= 0.6 is 0 Å². The lowest BCUT2D eigenvalue weighted by Gasteiger charge is -2.31. The largest absolute Gasteiger partial charge is 0.464 e. The Labute approximate surface area is 93.3 Å². The lowest BCUT2D eigenvalue weighted by Crippen LogP contribution is -2.40. The van der Waals surface area contributed by atoms with Crippen molar-refractivity contribution in [3.8, 4) is 0 Å². The molecule has 0 spiro atoms. The Balaban J connectivity index is 2.52. The molecule has 88 valence electrons. The van der Waals surface area contributed by atoms with E-state index in [1.165, 1.54) is 0 Å². The van der Waals surface area contributed by atoms with Gasteiger partial charge in [0.2, 0.25) is 0 Å². The van der Waals surface area contributed by atoms with Crippen LogP contribution in [0.1, 0.15) is 27.2 Å². The predicted octanol–water partition coefficient (Wildman–Crippen LogP) is 2.57. The molecule has 0 N–H and O–H groups in total. The van der Waals surface area contributed by atoms with E-state index < -0.39 is 8.32 Å². The third-order valence-electron chi connectivity index (χ3n) is 2.30. The molecule has 0 saturated carbocycles. The van der Waals surface area contributed by atoms with Crippen LogP contribution in [-0.2, 0) is 14.0 Å². The quantitative estimate of drug-likeness (QED) is 0.552. The smallest absolute Gasteiger partial charge is 0.334 e. The first kappa shape index (κ1) is 12.7. The van der Waals surface area contributed by atoms with Crippen LogP contribution in [0.4, 0.5) is 0 Å². The summed E-state index contributed by atoms with van der Waals surface area (Å²) in [5.74, 6) is -0.176. The fourth-order valence-corrected chi connectivity index (χ4v) is 5.91. The number of hydrogen-bond acceptors (Lipinski definition) is 3. The summed E-state index contributed by atoms with van der Waals surface area (Å²) in [4.78, 5) is 11.3. The molecule has 0 aliphatic carbocycles. The Bertz CT molecular complexity index is 243. The first-order valence-electron chi connectivity index (χ1n) is 5.54. The predicted molar refractivity (Wildman–Crippen MR) is 62.2 cm³/mol. The first-order valence-corrected chi connectivity index (χ1v) is 8.66. The van der Waals surface area contributed by atoms with Gasteiger partial charge in [-0.15, -0.1) is 0 Å². The summed E-state index contributed by atoms with van der Waals surface area (Å²) in [6.45, 7) is 11.5. The van der Waals surface area contributed by atoms with Crippen LogP contribution in [-0.4, -0.2) is 27.0 Å². The van der Waals surface area contributed by atoms with Gasteiger partial charge in [-0.25, -0.2) is 4.79 Å². The van der Waals surface area contributed by atoms with Gasteiger partial charge in [0.15, 0.2) is 8.32 Å². The van der Waals surface area contributed by atoms with Crippen LogP contribution in [0.2, 0.25) is 19.1 Å². The molecule has 1 rings (SSSR count). The van der Waals surface area contributed by atoms with Crippen molar-refractivity contribution in [3.63, 3.8) is 0 Å². The number of ether oxygens (including phenoxy) is 1. The molecule has 0 bridgehead atoms.